The van der Waals surface area contributed by atoms with Crippen LogP contribution in [-0.2, 0) is 5.41 Å². The highest BCUT2D eigenvalue weighted by atomic mass is 19.1. The molecular formula is C17H20F2N2. The summed E-state index contributed by atoms with van der Waals surface area (Å²) in [6.45, 7) is 5.82. The minimum atomic E-state index is -0.428. The summed E-state index contributed by atoms with van der Waals surface area (Å²) in [6.07, 6.45) is 0. The van der Waals surface area contributed by atoms with Crippen LogP contribution in [0.4, 0.5) is 8.78 Å². The summed E-state index contributed by atoms with van der Waals surface area (Å²) in [5.41, 5.74) is 4.86. The van der Waals surface area contributed by atoms with Gasteiger partial charge in [-0.3, -0.25) is 11.3 Å². The minimum Gasteiger partial charge on any atom is -0.271 e. The van der Waals surface area contributed by atoms with Crippen LogP contribution in [0.25, 0.3) is 0 Å². The molecule has 1 unspecified atom stereocenters. The Morgan fingerprint density at radius 2 is 1.62 bits per heavy atom. The van der Waals surface area contributed by atoms with E-state index in [1.807, 2.05) is 26.8 Å². The first-order valence-electron chi connectivity index (χ1n) is 6.84. The Hall–Kier alpha value is -1.78. The van der Waals surface area contributed by atoms with Crippen molar-refractivity contribution >= 4 is 0 Å². The number of rotatable bonds is 4. The van der Waals surface area contributed by atoms with Crippen LogP contribution in [0, 0.1) is 18.6 Å². The number of nitrogens with two attached hydrogens (primary N) is 1. The Kier molecular flexibility index (Phi) is 4.40. The maximum atomic E-state index is 13.7. The van der Waals surface area contributed by atoms with Gasteiger partial charge in [0.05, 0.1) is 6.04 Å². The second-order valence-corrected chi connectivity index (χ2v) is 5.89. The number of hydrogen-bond acceptors (Lipinski definition) is 2. The summed E-state index contributed by atoms with van der Waals surface area (Å²) in [6, 6.07) is 10.8. The molecule has 112 valence electrons. The van der Waals surface area contributed by atoms with Gasteiger partial charge in [0, 0.05) is 5.41 Å². The zero-order valence-electron chi connectivity index (χ0n) is 12.5. The van der Waals surface area contributed by atoms with Crippen molar-refractivity contribution in [3.8, 4) is 0 Å². The number of hydrogen-bond donors (Lipinski definition) is 2. The van der Waals surface area contributed by atoms with E-state index in [2.05, 4.69) is 5.43 Å². The first kappa shape index (κ1) is 15.6. The van der Waals surface area contributed by atoms with Crippen LogP contribution in [0.3, 0.4) is 0 Å². The molecule has 4 heteroatoms. The standard InChI is InChI=1S/C17H20F2N2/c1-11-8-12(10-15(19)9-11)16(21-20)17(2,3)13-4-6-14(18)7-5-13/h4-10,16,21H,20H2,1-3H3. The summed E-state index contributed by atoms with van der Waals surface area (Å²) >= 11 is 0. The number of aryl methyl sites for hydroxylation is 1. The Morgan fingerprint density at radius 1 is 1.00 bits per heavy atom. The Labute approximate surface area is 124 Å². The number of halogens is 2. The quantitative estimate of drug-likeness (QED) is 0.664. The topological polar surface area (TPSA) is 38.0 Å². The molecule has 0 fully saturated rings. The molecule has 2 nitrogen and oxygen atoms in total. The molecule has 0 aliphatic rings. The molecule has 0 saturated heterocycles. The van der Waals surface area contributed by atoms with Crippen LogP contribution in [-0.4, -0.2) is 0 Å². The van der Waals surface area contributed by atoms with Gasteiger partial charge in [-0.25, -0.2) is 8.78 Å². The first-order valence-corrected chi connectivity index (χ1v) is 6.84. The Morgan fingerprint density at radius 3 is 2.14 bits per heavy atom. The van der Waals surface area contributed by atoms with Gasteiger partial charge in [0.25, 0.3) is 0 Å². The third kappa shape index (κ3) is 3.28. The second kappa shape index (κ2) is 5.92. The summed E-state index contributed by atoms with van der Waals surface area (Å²) in [4.78, 5) is 0. The number of nitrogens with one attached hydrogen (secondary N) is 1. The van der Waals surface area contributed by atoms with Crippen molar-refractivity contribution in [1.82, 2.24) is 5.43 Å². The van der Waals surface area contributed by atoms with Crippen LogP contribution < -0.4 is 11.3 Å². The largest absolute Gasteiger partial charge is 0.271 e. The average Bonchev–Trinajstić information content (AvgIpc) is 2.38. The maximum Gasteiger partial charge on any atom is 0.123 e. The summed E-state index contributed by atoms with van der Waals surface area (Å²) in [7, 11) is 0. The van der Waals surface area contributed by atoms with E-state index in [-0.39, 0.29) is 17.7 Å². The van der Waals surface area contributed by atoms with Gasteiger partial charge in [0.15, 0.2) is 0 Å². The second-order valence-electron chi connectivity index (χ2n) is 5.89. The predicted molar refractivity (Wildman–Crippen MR) is 80.6 cm³/mol. The van der Waals surface area contributed by atoms with Crippen molar-refractivity contribution in [2.45, 2.75) is 32.2 Å². The molecule has 2 rings (SSSR count). The molecule has 0 aromatic heterocycles. The fourth-order valence-corrected chi connectivity index (χ4v) is 2.70. The van der Waals surface area contributed by atoms with Crippen LogP contribution in [0.1, 0.15) is 36.6 Å². The van der Waals surface area contributed by atoms with Crippen LogP contribution in [0.15, 0.2) is 42.5 Å². The van der Waals surface area contributed by atoms with E-state index in [4.69, 9.17) is 5.84 Å². The predicted octanol–water partition coefficient (Wildman–Crippen LogP) is 3.76. The van der Waals surface area contributed by atoms with Gasteiger partial charge in [0.2, 0.25) is 0 Å². The third-order valence-corrected chi connectivity index (χ3v) is 3.87. The molecule has 3 N–H and O–H groups in total. The molecule has 1 atom stereocenters. The molecule has 0 radical (unpaired) electrons. The minimum absolute atomic E-state index is 0.284. The molecule has 0 bridgehead atoms. The first-order chi connectivity index (χ1) is 9.84. The van der Waals surface area contributed by atoms with Crippen molar-refractivity contribution in [3.05, 3.63) is 70.8 Å². The van der Waals surface area contributed by atoms with Gasteiger partial charge < -0.3 is 0 Å². The van der Waals surface area contributed by atoms with Crippen molar-refractivity contribution in [1.29, 1.82) is 0 Å². The zero-order valence-corrected chi connectivity index (χ0v) is 12.5. The van der Waals surface area contributed by atoms with Crippen LogP contribution in [0.5, 0.6) is 0 Å². The SMILES string of the molecule is Cc1cc(F)cc(C(NN)C(C)(C)c2ccc(F)cc2)c1. The molecular weight excluding hydrogens is 270 g/mol. The highest BCUT2D eigenvalue weighted by Gasteiger charge is 2.32. The molecule has 0 aliphatic carbocycles. The van der Waals surface area contributed by atoms with E-state index in [9.17, 15) is 8.78 Å². The fraction of sp³-hybridized carbons (Fsp3) is 0.294. The lowest BCUT2D eigenvalue weighted by Crippen LogP contribution is -2.41. The lowest BCUT2D eigenvalue weighted by atomic mass is 9.75. The lowest BCUT2D eigenvalue weighted by molar-refractivity contribution is 0.351. The van der Waals surface area contributed by atoms with E-state index >= 15 is 0 Å². The normalized spacial score (nSPS) is 13.2. The average molecular weight is 290 g/mol. The maximum absolute atomic E-state index is 13.7. The summed E-state index contributed by atoms with van der Waals surface area (Å²) in [5.74, 6) is 5.14. The van der Waals surface area contributed by atoms with Crippen LogP contribution >= 0.6 is 0 Å². The van der Waals surface area contributed by atoms with Gasteiger partial charge in [-0.15, -0.1) is 0 Å². The Balaban J connectivity index is 2.45. The number of benzene rings is 2. The van der Waals surface area contributed by atoms with Crippen molar-refractivity contribution in [3.63, 3.8) is 0 Å². The molecule has 0 heterocycles. The van der Waals surface area contributed by atoms with E-state index in [0.717, 1.165) is 16.7 Å². The molecule has 2 aromatic carbocycles. The van der Waals surface area contributed by atoms with Crippen molar-refractivity contribution in [2.75, 3.05) is 0 Å². The van der Waals surface area contributed by atoms with E-state index < -0.39 is 5.41 Å². The highest BCUT2D eigenvalue weighted by molar-refractivity contribution is 5.34. The molecule has 2 aromatic rings. The van der Waals surface area contributed by atoms with Gasteiger partial charge in [-0.05, 0) is 47.9 Å². The van der Waals surface area contributed by atoms with Gasteiger partial charge in [-0.1, -0.05) is 32.0 Å². The fourth-order valence-electron chi connectivity index (χ4n) is 2.70. The molecule has 0 spiro atoms. The smallest absolute Gasteiger partial charge is 0.123 e. The van der Waals surface area contributed by atoms with Crippen molar-refractivity contribution < 1.29 is 8.78 Å². The zero-order chi connectivity index (χ0) is 15.6. The highest BCUT2D eigenvalue weighted by Crippen LogP contribution is 2.37. The van der Waals surface area contributed by atoms with Crippen molar-refractivity contribution in [2.24, 2.45) is 5.84 Å². The number of hydrazine groups is 1. The van der Waals surface area contributed by atoms with Crippen LogP contribution in [0.2, 0.25) is 0 Å². The van der Waals surface area contributed by atoms with Gasteiger partial charge in [-0.2, -0.15) is 0 Å². The Bertz CT molecular complexity index is 601. The molecule has 0 saturated carbocycles. The summed E-state index contributed by atoms with van der Waals surface area (Å²) in [5, 5.41) is 0. The van der Waals surface area contributed by atoms with Gasteiger partial charge >= 0.3 is 0 Å². The monoisotopic (exact) mass is 290 g/mol. The van der Waals surface area contributed by atoms with E-state index in [0.29, 0.717) is 0 Å². The molecule has 0 aliphatic heterocycles. The summed E-state index contributed by atoms with van der Waals surface area (Å²) < 4.78 is 26.7. The third-order valence-electron chi connectivity index (χ3n) is 3.87. The van der Waals surface area contributed by atoms with Gasteiger partial charge in [0.1, 0.15) is 11.6 Å². The van der Waals surface area contributed by atoms with E-state index in [1.165, 1.54) is 24.3 Å². The molecule has 0 amide bonds. The molecule has 21 heavy (non-hydrogen) atoms. The lowest BCUT2D eigenvalue weighted by Gasteiger charge is -2.35. The van der Waals surface area contributed by atoms with E-state index in [1.54, 1.807) is 12.1 Å².